The highest BCUT2D eigenvalue weighted by atomic mass is 32.3. The third-order valence-electron chi connectivity index (χ3n) is 2.61. The summed E-state index contributed by atoms with van der Waals surface area (Å²) in [5.74, 6) is 0. The normalized spacial score (nSPS) is 12.6. The highest BCUT2D eigenvalue weighted by molar-refractivity contribution is 7.80. The first kappa shape index (κ1) is 19.3. The molecule has 0 saturated carbocycles. The molecule has 1 rings (SSSR count). The second kappa shape index (κ2) is 10.1. The van der Waals surface area contributed by atoms with E-state index in [4.69, 9.17) is 9.29 Å². The van der Waals surface area contributed by atoms with Gasteiger partial charge in [0.15, 0.2) is 0 Å². The number of hydrogen-bond donors (Lipinski definition) is 4. The van der Waals surface area contributed by atoms with Crippen LogP contribution in [0.5, 0.6) is 0 Å². The Balaban J connectivity index is 2.05. The Morgan fingerprint density at radius 3 is 2.57 bits per heavy atom. The van der Waals surface area contributed by atoms with Crippen LogP contribution in [-0.2, 0) is 25.9 Å². The number of carbonyl (C=O) groups excluding carboxylic acids is 1. The lowest BCUT2D eigenvalue weighted by molar-refractivity contribution is 0.114. The standard InChI is InChI=1S/C13H20N2O7S/c16-12(14-8-9-22-23(18,19)20)6-7-15-13(17)21-10-11-4-2-1-3-5-11/h1-5,12,14,16H,6-10H2,(H,15,17)(H,18,19,20). The lowest BCUT2D eigenvalue weighted by Crippen LogP contribution is -2.36. The average molecular weight is 348 g/mol. The Bertz CT molecular complexity index is 565. The zero-order valence-electron chi connectivity index (χ0n) is 12.3. The average Bonchev–Trinajstić information content (AvgIpc) is 2.50. The van der Waals surface area contributed by atoms with E-state index in [-0.39, 0.29) is 32.7 Å². The molecule has 130 valence electrons. The second-order valence-electron chi connectivity index (χ2n) is 4.50. The summed E-state index contributed by atoms with van der Waals surface area (Å²) in [6.45, 7) is 0.0171. The van der Waals surface area contributed by atoms with Crippen LogP contribution in [0.3, 0.4) is 0 Å². The Kier molecular flexibility index (Phi) is 8.51. The Morgan fingerprint density at radius 2 is 1.91 bits per heavy atom. The highest BCUT2D eigenvalue weighted by Gasteiger charge is 2.07. The first-order chi connectivity index (χ1) is 10.9. The van der Waals surface area contributed by atoms with Crippen molar-refractivity contribution >= 4 is 16.5 Å². The summed E-state index contributed by atoms with van der Waals surface area (Å²) in [5, 5.41) is 14.5. The van der Waals surface area contributed by atoms with Gasteiger partial charge in [-0.1, -0.05) is 30.3 Å². The van der Waals surface area contributed by atoms with Crippen molar-refractivity contribution in [1.82, 2.24) is 10.6 Å². The molecule has 1 unspecified atom stereocenters. The molecule has 0 aromatic heterocycles. The fourth-order valence-electron chi connectivity index (χ4n) is 1.56. The number of carbonyl (C=O) groups is 1. The summed E-state index contributed by atoms with van der Waals surface area (Å²) >= 11 is 0. The molecular formula is C13H20N2O7S. The zero-order chi connectivity index (χ0) is 17.1. The van der Waals surface area contributed by atoms with Gasteiger partial charge in [-0.3, -0.25) is 9.87 Å². The molecule has 0 heterocycles. The van der Waals surface area contributed by atoms with Gasteiger partial charge in [0.2, 0.25) is 0 Å². The Hall–Kier alpha value is -1.72. The smallest absolute Gasteiger partial charge is 0.407 e. The van der Waals surface area contributed by atoms with Crippen LogP contribution in [0.4, 0.5) is 4.79 Å². The number of hydrogen-bond acceptors (Lipinski definition) is 7. The summed E-state index contributed by atoms with van der Waals surface area (Å²) in [4.78, 5) is 11.4. The van der Waals surface area contributed by atoms with Gasteiger partial charge in [-0.05, 0) is 5.56 Å². The summed E-state index contributed by atoms with van der Waals surface area (Å²) < 4.78 is 37.9. The third-order valence-corrected chi connectivity index (χ3v) is 3.08. The van der Waals surface area contributed by atoms with E-state index in [1.165, 1.54) is 0 Å². The van der Waals surface area contributed by atoms with E-state index in [2.05, 4.69) is 14.8 Å². The molecule has 0 aliphatic heterocycles. The van der Waals surface area contributed by atoms with Gasteiger partial charge in [-0.15, -0.1) is 0 Å². The van der Waals surface area contributed by atoms with Crippen molar-refractivity contribution < 1.29 is 31.8 Å². The molecule has 10 heteroatoms. The molecule has 0 bridgehead atoms. The van der Waals surface area contributed by atoms with Gasteiger partial charge < -0.3 is 15.2 Å². The summed E-state index contributed by atoms with van der Waals surface area (Å²) in [6, 6.07) is 9.19. The van der Waals surface area contributed by atoms with Crippen LogP contribution in [-0.4, -0.2) is 50.1 Å². The van der Waals surface area contributed by atoms with Crippen LogP contribution in [0.1, 0.15) is 12.0 Å². The number of benzene rings is 1. The maximum Gasteiger partial charge on any atom is 0.407 e. The SMILES string of the molecule is O=C(NCCC(O)NCCOS(=O)(=O)O)OCc1ccccc1. The molecule has 23 heavy (non-hydrogen) atoms. The number of alkyl carbamates (subject to hydrolysis) is 1. The Labute approximate surface area is 134 Å². The minimum Gasteiger partial charge on any atom is -0.445 e. The van der Waals surface area contributed by atoms with E-state index in [1.54, 1.807) is 0 Å². The number of nitrogens with one attached hydrogen (secondary N) is 2. The maximum absolute atomic E-state index is 11.4. The molecule has 0 fully saturated rings. The van der Waals surface area contributed by atoms with Crippen LogP contribution >= 0.6 is 0 Å². The maximum atomic E-state index is 11.4. The Morgan fingerprint density at radius 1 is 1.22 bits per heavy atom. The van der Waals surface area contributed by atoms with Crippen molar-refractivity contribution in [2.75, 3.05) is 19.7 Å². The second-order valence-corrected chi connectivity index (χ2v) is 5.59. The van der Waals surface area contributed by atoms with E-state index < -0.39 is 22.7 Å². The largest absolute Gasteiger partial charge is 0.445 e. The van der Waals surface area contributed by atoms with Crippen molar-refractivity contribution in [3.8, 4) is 0 Å². The van der Waals surface area contributed by atoms with Crippen molar-refractivity contribution in [3.63, 3.8) is 0 Å². The minimum absolute atomic E-state index is 0.0133. The van der Waals surface area contributed by atoms with Crippen molar-refractivity contribution in [2.45, 2.75) is 19.3 Å². The van der Waals surface area contributed by atoms with Gasteiger partial charge in [0, 0.05) is 19.5 Å². The summed E-state index contributed by atoms with van der Waals surface area (Å²) in [5.41, 5.74) is 0.864. The highest BCUT2D eigenvalue weighted by Crippen LogP contribution is 2.00. The van der Waals surface area contributed by atoms with Crippen LogP contribution in [0.2, 0.25) is 0 Å². The summed E-state index contributed by atoms with van der Waals surface area (Å²) in [7, 11) is -4.47. The molecule has 1 amide bonds. The van der Waals surface area contributed by atoms with Gasteiger partial charge in [0.25, 0.3) is 0 Å². The van der Waals surface area contributed by atoms with Gasteiger partial charge >= 0.3 is 16.5 Å². The quantitative estimate of drug-likeness (QED) is 0.264. The molecule has 1 atom stereocenters. The number of aliphatic hydroxyl groups excluding tert-OH is 1. The van der Waals surface area contributed by atoms with Gasteiger partial charge in [0.1, 0.15) is 12.8 Å². The molecule has 9 nitrogen and oxygen atoms in total. The van der Waals surface area contributed by atoms with Gasteiger partial charge in [-0.25, -0.2) is 8.98 Å². The molecular weight excluding hydrogens is 328 g/mol. The van der Waals surface area contributed by atoms with Crippen molar-refractivity contribution in [3.05, 3.63) is 35.9 Å². The molecule has 0 aliphatic carbocycles. The van der Waals surface area contributed by atoms with E-state index in [1.807, 2.05) is 30.3 Å². The predicted molar refractivity (Wildman–Crippen MR) is 80.8 cm³/mol. The molecule has 4 N–H and O–H groups in total. The predicted octanol–water partition coefficient (Wildman–Crippen LogP) is 0.0303. The minimum atomic E-state index is -4.47. The van der Waals surface area contributed by atoms with Crippen LogP contribution in [0.15, 0.2) is 30.3 Å². The number of rotatable bonds is 10. The first-order valence-electron chi connectivity index (χ1n) is 6.84. The first-order valence-corrected chi connectivity index (χ1v) is 8.21. The van der Waals surface area contributed by atoms with Gasteiger partial charge in [-0.2, -0.15) is 8.42 Å². The fraction of sp³-hybridized carbons (Fsp3) is 0.462. The topological polar surface area (TPSA) is 134 Å². The number of ether oxygens (including phenoxy) is 1. The van der Waals surface area contributed by atoms with Crippen LogP contribution in [0.25, 0.3) is 0 Å². The van der Waals surface area contributed by atoms with E-state index >= 15 is 0 Å². The van der Waals surface area contributed by atoms with Gasteiger partial charge in [0.05, 0.1) is 6.61 Å². The molecule has 0 saturated heterocycles. The lowest BCUT2D eigenvalue weighted by Gasteiger charge is -2.13. The third kappa shape index (κ3) is 10.6. The fourth-order valence-corrected chi connectivity index (χ4v) is 1.85. The van der Waals surface area contributed by atoms with E-state index in [0.29, 0.717) is 0 Å². The molecule has 0 spiro atoms. The molecule has 0 aliphatic rings. The lowest BCUT2D eigenvalue weighted by atomic mass is 10.2. The zero-order valence-corrected chi connectivity index (χ0v) is 13.2. The van der Waals surface area contributed by atoms with E-state index in [0.717, 1.165) is 5.56 Å². The number of amides is 1. The molecule has 0 radical (unpaired) electrons. The van der Waals surface area contributed by atoms with Crippen LogP contribution < -0.4 is 10.6 Å². The molecule has 1 aromatic rings. The van der Waals surface area contributed by atoms with E-state index in [9.17, 15) is 18.3 Å². The van der Waals surface area contributed by atoms with Crippen LogP contribution in [0, 0.1) is 0 Å². The summed E-state index contributed by atoms with van der Waals surface area (Å²) in [6.07, 6.45) is -1.38. The van der Waals surface area contributed by atoms with Crippen molar-refractivity contribution in [1.29, 1.82) is 0 Å². The number of aliphatic hydroxyl groups is 1. The molecule has 1 aromatic carbocycles. The van der Waals surface area contributed by atoms with Crippen molar-refractivity contribution in [2.24, 2.45) is 0 Å². The monoisotopic (exact) mass is 348 g/mol.